The molecule has 0 heterocycles. The van der Waals surface area contributed by atoms with Crippen molar-refractivity contribution in [3.8, 4) is 11.5 Å². The van der Waals surface area contributed by atoms with Crippen LogP contribution in [0.4, 0.5) is 5.69 Å². The van der Waals surface area contributed by atoms with E-state index in [9.17, 15) is 9.90 Å². The Kier molecular flexibility index (Phi) is 5.54. The molecule has 2 rings (SSSR count). The normalized spacial score (nSPS) is 10.0. The van der Waals surface area contributed by atoms with E-state index in [2.05, 4.69) is 10.6 Å². The van der Waals surface area contributed by atoms with Crippen LogP contribution in [0, 0.1) is 13.8 Å². The molecular weight excluding hydrogens is 312 g/mol. The van der Waals surface area contributed by atoms with Crippen molar-refractivity contribution < 1.29 is 14.6 Å². The van der Waals surface area contributed by atoms with Crippen LogP contribution in [0.1, 0.15) is 11.1 Å². The Morgan fingerprint density at radius 1 is 1.17 bits per heavy atom. The Labute approximate surface area is 140 Å². The summed E-state index contributed by atoms with van der Waals surface area (Å²) in [5.74, 6) is 0.299. The van der Waals surface area contributed by atoms with E-state index in [1.54, 1.807) is 24.3 Å². The van der Waals surface area contributed by atoms with Crippen molar-refractivity contribution >= 4 is 28.9 Å². The molecule has 0 aliphatic heterocycles. The average Bonchev–Trinajstić information content (AvgIpc) is 2.51. The van der Waals surface area contributed by atoms with Gasteiger partial charge in [0.05, 0.1) is 5.69 Å². The average molecular weight is 330 g/mol. The number of thiocarbonyl (C=S) groups is 1. The molecule has 5 nitrogen and oxygen atoms in total. The van der Waals surface area contributed by atoms with Crippen molar-refractivity contribution in [2.45, 2.75) is 13.8 Å². The summed E-state index contributed by atoms with van der Waals surface area (Å²) in [5.41, 5.74) is 2.42. The zero-order valence-corrected chi connectivity index (χ0v) is 13.7. The Bertz CT molecular complexity index is 717. The summed E-state index contributed by atoms with van der Waals surface area (Å²) in [5, 5.41) is 15.3. The van der Waals surface area contributed by atoms with Gasteiger partial charge in [0.2, 0.25) is 0 Å². The van der Waals surface area contributed by atoms with Gasteiger partial charge in [-0.15, -0.1) is 0 Å². The van der Waals surface area contributed by atoms with Gasteiger partial charge in [0.1, 0.15) is 11.5 Å². The first-order valence-electron chi connectivity index (χ1n) is 7.04. The highest BCUT2D eigenvalue weighted by atomic mass is 32.1. The number of amides is 1. The minimum Gasteiger partial charge on any atom is -0.506 e. The molecule has 0 saturated heterocycles. The smallest absolute Gasteiger partial charge is 0.264 e. The number of nitrogens with one attached hydrogen (secondary N) is 2. The van der Waals surface area contributed by atoms with Crippen LogP contribution in [-0.2, 0) is 4.79 Å². The van der Waals surface area contributed by atoms with Gasteiger partial charge in [0.15, 0.2) is 11.7 Å². The number of para-hydroxylation sites is 1. The molecule has 0 bridgehead atoms. The van der Waals surface area contributed by atoms with Crippen LogP contribution in [-0.4, -0.2) is 22.7 Å². The minimum absolute atomic E-state index is 0.0743. The van der Waals surface area contributed by atoms with E-state index in [-0.39, 0.29) is 23.4 Å². The number of ether oxygens (including phenoxy) is 1. The number of phenolic OH excluding ortho intramolecular Hbond substituents is 1. The van der Waals surface area contributed by atoms with Crippen molar-refractivity contribution in [1.29, 1.82) is 0 Å². The summed E-state index contributed by atoms with van der Waals surface area (Å²) in [6, 6.07) is 12.4. The monoisotopic (exact) mass is 330 g/mol. The quantitative estimate of drug-likeness (QED) is 0.594. The van der Waals surface area contributed by atoms with E-state index in [1.165, 1.54) is 0 Å². The molecule has 23 heavy (non-hydrogen) atoms. The third-order valence-electron chi connectivity index (χ3n) is 3.23. The third kappa shape index (κ3) is 4.96. The molecule has 0 unspecified atom stereocenters. The van der Waals surface area contributed by atoms with E-state index in [1.807, 2.05) is 32.0 Å². The topological polar surface area (TPSA) is 70.6 Å². The van der Waals surface area contributed by atoms with Crippen LogP contribution in [0.3, 0.4) is 0 Å². The predicted molar refractivity (Wildman–Crippen MR) is 93.9 cm³/mol. The van der Waals surface area contributed by atoms with E-state index >= 15 is 0 Å². The molecule has 0 aromatic heterocycles. The minimum atomic E-state index is -0.380. The second-order valence-electron chi connectivity index (χ2n) is 5.06. The van der Waals surface area contributed by atoms with Crippen LogP contribution >= 0.6 is 12.2 Å². The van der Waals surface area contributed by atoms with Gasteiger partial charge in [0.25, 0.3) is 5.91 Å². The number of benzene rings is 2. The van der Waals surface area contributed by atoms with Crippen molar-refractivity contribution in [2.75, 3.05) is 11.9 Å². The lowest BCUT2D eigenvalue weighted by molar-refractivity contribution is -0.121. The molecule has 120 valence electrons. The molecule has 0 aliphatic carbocycles. The van der Waals surface area contributed by atoms with Crippen LogP contribution in [0.15, 0.2) is 42.5 Å². The molecule has 6 heteroatoms. The Morgan fingerprint density at radius 3 is 2.52 bits per heavy atom. The van der Waals surface area contributed by atoms with Gasteiger partial charge in [-0.3, -0.25) is 10.1 Å². The van der Waals surface area contributed by atoms with Crippen LogP contribution in [0.25, 0.3) is 0 Å². The number of phenols is 1. The van der Waals surface area contributed by atoms with E-state index in [0.29, 0.717) is 11.4 Å². The number of aryl methyl sites for hydroxylation is 2. The molecule has 0 radical (unpaired) electrons. The van der Waals surface area contributed by atoms with E-state index in [0.717, 1.165) is 11.1 Å². The SMILES string of the molecule is Cc1cc(O)c(NC(=S)NC(=O)COc2ccccc2)cc1C. The van der Waals surface area contributed by atoms with Gasteiger partial charge in [0, 0.05) is 0 Å². The second kappa shape index (κ2) is 7.60. The highest BCUT2D eigenvalue weighted by molar-refractivity contribution is 7.80. The van der Waals surface area contributed by atoms with Gasteiger partial charge in [-0.05, 0) is 61.5 Å². The highest BCUT2D eigenvalue weighted by Gasteiger charge is 2.09. The molecule has 0 saturated carbocycles. The summed E-state index contributed by atoms with van der Waals surface area (Å²) in [4.78, 5) is 11.8. The molecule has 0 spiro atoms. The molecule has 2 aromatic carbocycles. The van der Waals surface area contributed by atoms with Gasteiger partial charge in [-0.25, -0.2) is 0 Å². The maximum atomic E-state index is 11.8. The first-order valence-corrected chi connectivity index (χ1v) is 7.45. The number of carbonyl (C=O) groups is 1. The molecule has 0 fully saturated rings. The zero-order valence-electron chi connectivity index (χ0n) is 12.9. The summed E-state index contributed by atoms with van der Waals surface area (Å²) >= 11 is 5.07. The number of hydrogen-bond donors (Lipinski definition) is 3. The summed E-state index contributed by atoms with van der Waals surface area (Å²) in [6.07, 6.45) is 0. The number of rotatable bonds is 4. The zero-order chi connectivity index (χ0) is 16.8. The lowest BCUT2D eigenvalue weighted by Crippen LogP contribution is -2.37. The molecular formula is C17H18N2O3S. The number of anilines is 1. The molecule has 0 atom stereocenters. The van der Waals surface area contributed by atoms with Crippen LogP contribution in [0.2, 0.25) is 0 Å². The van der Waals surface area contributed by atoms with Gasteiger partial charge in [-0.2, -0.15) is 0 Å². The van der Waals surface area contributed by atoms with E-state index in [4.69, 9.17) is 17.0 Å². The first kappa shape index (κ1) is 16.8. The lowest BCUT2D eigenvalue weighted by Gasteiger charge is -2.13. The van der Waals surface area contributed by atoms with Crippen molar-refractivity contribution in [2.24, 2.45) is 0 Å². The maximum absolute atomic E-state index is 11.8. The largest absolute Gasteiger partial charge is 0.506 e. The highest BCUT2D eigenvalue weighted by Crippen LogP contribution is 2.26. The van der Waals surface area contributed by atoms with Crippen molar-refractivity contribution in [3.05, 3.63) is 53.6 Å². The van der Waals surface area contributed by atoms with Crippen molar-refractivity contribution in [1.82, 2.24) is 5.32 Å². The second-order valence-corrected chi connectivity index (χ2v) is 5.47. The fraction of sp³-hybridized carbons (Fsp3) is 0.176. The third-order valence-corrected chi connectivity index (χ3v) is 3.43. The summed E-state index contributed by atoms with van der Waals surface area (Å²) in [7, 11) is 0. The fourth-order valence-corrected chi connectivity index (χ4v) is 2.11. The van der Waals surface area contributed by atoms with Crippen LogP contribution < -0.4 is 15.4 Å². The van der Waals surface area contributed by atoms with Crippen molar-refractivity contribution in [3.63, 3.8) is 0 Å². The first-order chi connectivity index (χ1) is 11.0. The molecule has 0 aliphatic rings. The Hall–Kier alpha value is -2.60. The summed E-state index contributed by atoms with van der Waals surface area (Å²) < 4.78 is 5.33. The van der Waals surface area contributed by atoms with E-state index < -0.39 is 0 Å². The number of aromatic hydroxyl groups is 1. The van der Waals surface area contributed by atoms with Gasteiger partial charge in [-0.1, -0.05) is 18.2 Å². The Morgan fingerprint density at radius 2 is 1.83 bits per heavy atom. The predicted octanol–water partition coefficient (Wildman–Crippen LogP) is 2.90. The Balaban J connectivity index is 1.87. The van der Waals surface area contributed by atoms with Gasteiger partial charge < -0.3 is 15.2 Å². The standard InChI is InChI=1S/C17H18N2O3S/c1-11-8-14(15(20)9-12(11)2)18-17(23)19-16(21)10-22-13-6-4-3-5-7-13/h3-9,20H,10H2,1-2H3,(H2,18,19,21,23). The molecule has 1 amide bonds. The van der Waals surface area contributed by atoms with Gasteiger partial charge >= 0.3 is 0 Å². The summed E-state index contributed by atoms with van der Waals surface area (Å²) in [6.45, 7) is 3.68. The lowest BCUT2D eigenvalue weighted by atomic mass is 10.1. The maximum Gasteiger partial charge on any atom is 0.264 e. The number of hydrogen-bond acceptors (Lipinski definition) is 4. The fourth-order valence-electron chi connectivity index (χ4n) is 1.88. The molecule has 3 N–H and O–H groups in total. The number of carbonyl (C=O) groups excluding carboxylic acids is 1. The molecule has 2 aromatic rings. The van der Waals surface area contributed by atoms with Crippen LogP contribution in [0.5, 0.6) is 11.5 Å².